The van der Waals surface area contributed by atoms with Crippen molar-refractivity contribution in [3.05, 3.63) is 0 Å². The fourth-order valence-corrected chi connectivity index (χ4v) is 2.34. The van der Waals surface area contributed by atoms with Crippen molar-refractivity contribution in [3.8, 4) is 0 Å². The number of ether oxygens (including phenoxy) is 2. The maximum atomic E-state index is 11.5. The van der Waals surface area contributed by atoms with Gasteiger partial charge in [-0.25, -0.2) is 0 Å². The lowest BCUT2D eigenvalue weighted by molar-refractivity contribution is -0.163. The molecule has 17 heavy (non-hydrogen) atoms. The van der Waals surface area contributed by atoms with Gasteiger partial charge >= 0.3 is 11.9 Å². The minimum absolute atomic E-state index is 0.0896. The summed E-state index contributed by atoms with van der Waals surface area (Å²) in [6.07, 6.45) is 4.27. The third-order valence-electron chi connectivity index (χ3n) is 3.34. The molecule has 1 aliphatic rings. The molecular formula is C12H20O5. The van der Waals surface area contributed by atoms with E-state index in [0.717, 1.165) is 19.3 Å². The first-order chi connectivity index (χ1) is 8.02. The molecule has 0 spiro atoms. The summed E-state index contributed by atoms with van der Waals surface area (Å²) in [4.78, 5) is 23.0. The highest BCUT2D eigenvalue weighted by atomic mass is 16.5. The van der Waals surface area contributed by atoms with Gasteiger partial charge in [-0.3, -0.25) is 9.59 Å². The molecule has 1 fully saturated rings. The van der Waals surface area contributed by atoms with E-state index in [0.29, 0.717) is 12.8 Å². The van der Waals surface area contributed by atoms with Crippen molar-refractivity contribution < 1.29 is 24.2 Å². The summed E-state index contributed by atoms with van der Waals surface area (Å²) in [5, 5.41) is 10.3. The van der Waals surface area contributed by atoms with E-state index in [4.69, 9.17) is 0 Å². The standard InChI is InChI=1S/C12H20O5/c1-16-10(13)9(11(14)17-2)8-12(15)6-4-3-5-7-12/h9,15H,3-8H2,1-2H3. The molecule has 0 amide bonds. The van der Waals surface area contributed by atoms with Crippen LogP contribution >= 0.6 is 0 Å². The first-order valence-corrected chi connectivity index (χ1v) is 5.90. The van der Waals surface area contributed by atoms with Gasteiger partial charge in [0, 0.05) is 6.42 Å². The highest BCUT2D eigenvalue weighted by Gasteiger charge is 2.39. The zero-order valence-corrected chi connectivity index (χ0v) is 10.4. The first kappa shape index (κ1) is 14.0. The Labute approximate surface area is 101 Å². The molecule has 1 N–H and O–H groups in total. The second-order valence-corrected chi connectivity index (χ2v) is 4.59. The van der Waals surface area contributed by atoms with Crippen molar-refractivity contribution in [1.29, 1.82) is 0 Å². The Kier molecular flexibility index (Phi) is 4.93. The molecular weight excluding hydrogens is 224 g/mol. The predicted molar refractivity (Wildman–Crippen MR) is 60.2 cm³/mol. The third-order valence-corrected chi connectivity index (χ3v) is 3.34. The van der Waals surface area contributed by atoms with Crippen molar-refractivity contribution in [1.82, 2.24) is 0 Å². The molecule has 0 bridgehead atoms. The quantitative estimate of drug-likeness (QED) is 0.590. The largest absolute Gasteiger partial charge is 0.468 e. The summed E-state index contributed by atoms with van der Waals surface area (Å²) < 4.78 is 9.14. The topological polar surface area (TPSA) is 72.8 Å². The van der Waals surface area contributed by atoms with E-state index in [-0.39, 0.29) is 6.42 Å². The van der Waals surface area contributed by atoms with Crippen LogP contribution in [-0.2, 0) is 19.1 Å². The number of carbonyl (C=O) groups is 2. The van der Waals surface area contributed by atoms with Gasteiger partial charge in [-0.05, 0) is 12.8 Å². The summed E-state index contributed by atoms with van der Waals surface area (Å²) in [6.45, 7) is 0. The van der Waals surface area contributed by atoms with Crippen LogP contribution in [0.15, 0.2) is 0 Å². The van der Waals surface area contributed by atoms with Gasteiger partial charge in [0.15, 0.2) is 5.92 Å². The van der Waals surface area contributed by atoms with Crippen molar-refractivity contribution in [2.45, 2.75) is 44.1 Å². The lowest BCUT2D eigenvalue weighted by Gasteiger charge is -2.33. The number of esters is 2. The Balaban J connectivity index is 2.70. The van der Waals surface area contributed by atoms with Gasteiger partial charge in [0.1, 0.15) is 0 Å². The second-order valence-electron chi connectivity index (χ2n) is 4.59. The van der Waals surface area contributed by atoms with Crippen LogP contribution in [0.4, 0.5) is 0 Å². The molecule has 0 heterocycles. The average molecular weight is 244 g/mol. The van der Waals surface area contributed by atoms with Crippen LogP contribution in [0.5, 0.6) is 0 Å². The highest BCUT2D eigenvalue weighted by molar-refractivity contribution is 5.94. The van der Waals surface area contributed by atoms with Gasteiger partial charge in [0.2, 0.25) is 0 Å². The Morgan fingerprint density at radius 2 is 1.59 bits per heavy atom. The molecule has 1 aliphatic carbocycles. The Morgan fingerprint density at radius 3 is 2.00 bits per heavy atom. The Bertz CT molecular complexity index is 265. The fraction of sp³-hybridized carbons (Fsp3) is 0.833. The van der Waals surface area contributed by atoms with Crippen molar-refractivity contribution in [3.63, 3.8) is 0 Å². The van der Waals surface area contributed by atoms with Crippen molar-refractivity contribution in [2.75, 3.05) is 14.2 Å². The number of hydrogen-bond acceptors (Lipinski definition) is 5. The molecule has 0 radical (unpaired) electrons. The van der Waals surface area contributed by atoms with Crippen LogP contribution in [0.3, 0.4) is 0 Å². The minimum atomic E-state index is -1.02. The van der Waals surface area contributed by atoms with Gasteiger partial charge in [-0.1, -0.05) is 19.3 Å². The number of rotatable bonds is 4. The predicted octanol–water partition coefficient (Wildman–Crippen LogP) is 1.03. The first-order valence-electron chi connectivity index (χ1n) is 5.90. The van der Waals surface area contributed by atoms with Crippen LogP contribution < -0.4 is 0 Å². The zero-order valence-electron chi connectivity index (χ0n) is 10.4. The van der Waals surface area contributed by atoms with Crippen molar-refractivity contribution >= 4 is 11.9 Å². The number of carbonyl (C=O) groups excluding carboxylic acids is 2. The highest BCUT2D eigenvalue weighted by Crippen LogP contribution is 2.34. The summed E-state index contributed by atoms with van der Waals surface area (Å²) in [5.74, 6) is -2.31. The maximum absolute atomic E-state index is 11.5. The summed E-state index contributed by atoms with van der Waals surface area (Å²) >= 11 is 0. The van der Waals surface area contributed by atoms with E-state index in [1.807, 2.05) is 0 Å². The van der Waals surface area contributed by atoms with E-state index < -0.39 is 23.5 Å². The molecule has 0 aromatic heterocycles. The lowest BCUT2D eigenvalue weighted by atomic mass is 9.78. The van der Waals surface area contributed by atoms with Gasteiger partial charge in [0.25, 0.3) is 0 Å². The Hall–Kier alpha value is -1.10. The van der Waals surface area contributed by atoms with Gasteiger partial charge in [-0.15, -0.1) is 0 Å². The molecule has 1 rings (SSSR count). The smallest absolute Gasteiger partial charge is 0.320 e. The van der Waals surface area contributed by atoms with E-state index in [2.05, 4.69) is 9.47 Å². The van der Waals surface area contributed by atoms with Crippen LogP contribution in [-0.4, -0.2) is 36.9 Å². The van der Waals surface area contributed by atoms with Crippen LogP contribution in [0, 0.1) is 5.92 Å². The van der Waals surface area contributed by atoms with Crippen LogP contribution in [0.2, 0.25) is 0 Å². The van der Waals surface area contributed by atoms with E-state index in [9.17, 15) is 14.7 Å². The SMILES string of the molecule is COC(=O)C(CC1(O)CCCCC1)C(=O)OC. The van der Waals surface area contributed by atoms with E-state index >= 15 is 0 Å². The van der Waals surface area contributed by atoms with E-state index in [1.165, 1.54) is 14.2 Å². The summed E-state index contributed by atoms with van der Waals surface area (Å²) in [6, 6.07) is 0. The molecule has 0 unspecified atom stereocenters. The number of methoxy groups -OCH3 is 2. The molecule has 0 aromatic carbocycles. The fourth-order valence-electron chi connectivity index (χ4n) is 2.34. The van der Waals surface area contributed by atoms with Crippen molar-refractivity contribution in [2.24, 2.45) is 5.92 Å². The monoisotopic (exact) mass is 244 g/mol. The Morgan fingerprint density at radius 1 is 1.12 bits per heavy atom. The number of aliphatic hydroxyl groups is 1. The molecule has 0 aliphatic heterocycles. The van der Waals surface area contributed by atoms with Gasteiger partial charge in [0.05, 0.1) is 19.8 Å². The molecule has 0 saturated heterocycles. The van der Waals surface area contributed by atoms with Gasteiger partial charge in [-0.2, -0.15) is 0 Å². The van der Waals surface area contributed by atoms with E-state index in [1.54, 1.807) is 0 Å². The molecule has 1 saturated carbocycles. The second kappa shape index (κ2) is 6.00. The molecule has 0 aromatic rings. The van der Waals surface area contributed by atoms with Gasteiger partial charge < -0.3 is 14.6 Å². The third kappa shape index (κ3) is 3.70. The summed E-state index contributed by atoms with van der Waals surface area (Å²) in [7, 11) is 2.45. The zero-order chi connectivity index (χ0) is 12.9. The van der Waals surface area contributed by atoms with Crippen LogP contribution in [0.25, 0.3) is 0 Å². The number of hydrogen-bond donors (Lipinski definition) is 1. The van der Waals surface area contributed by atoms with Crippen LogP contribution in [0.1, 0.15) is 38.5 Å². The lowest BCUT2D eigenvalue weighted by Crippen LogP contribution is -2.39. The normalized spacial score (nSPS) is 18.8. The summed E-state index contributed by atoms with van der Waals surface area (Å²) in [5.41, 5.74) is -0.939. The molecule has 0 atom stereocenters. The maximum Gasteiger partial charge on any atom is 0.320 e. The molecule has 98 valence electrons. The minimum Gasteiger partial charge on any atom is -0.468 e. The average Bonchev–Trinajstić information content (AvgIpc) is 2.35. The molecule has 5 heteroatoms. The molecule has 5 nitrogen and oxygen atoms in total.